The number of fused-ring (bicyclic) bond motifs is 2. The zero-order chi connectivity index (χ0) is 19.3. The Morgan fingerprint density at radius 1 is 1.29 bits per heavy atom. The van der Waals surface area contributed by atoms with Gasteiger partial charge in [-0.25, -0.2) is 10.5 Å². The number of imidazole rings is 1. The summed E-state index contributed by atoms with van der Waals surface area (Å²) in [5.41, 5.74) is 5.53. The van der Waals surface area contributed by atoms with Gasteiger partial charge in [0, 0.05) is 36.6 Å². The first-order chi connectivity index (χ1) is 13.6. The summed E-state index contributed by atoms with van der Waals surface area (Å²) in [5.74, 6) is -0.648. The SMILES string of the molecule is O=C(NO)c1ccc2c(c1)[C@H](c1ccc3nccn3c1)C1(CCNC1=O)CC2. The standard InChI is InChI=1S/C21H20N4O3/c26-19(24-28)14-2-1-13-5-6-21(7-8-23-20(21)27)18(16(13)11-14)15-3-4-17-22-9-10-25(17)12-15/h1-4,9-12,18,28H,5-8H2,(H,23,27)(H,24,26)/t18-,21?/m0/s1. The topological polar surface area (TPSA) is 95.7 Å². The molecule has 142 valence electrons. The molecule has 3 N–H and O–H groups in total. The van der Waals surface area contributed by atoms with Crippen LogP contribution in [0.25, 0.3) is 5.65 Å². The van der Waals surface area contributed by atoms with Crippen LogP contribution in [-0.4, -0.2) is 33.0 Å². The average Bonchev–Trinajstić information content (AvgIpc) is 3.33. The van der Waals surface area contributed by atoms with Crippen molar-refractivity contribution >= 4 is 17.5 Å². The van der Waals surface area contributed by atoms with Crippen molar-refractivity contribution in [3.05, 3.63) is 71.2 Å². The minimum Gasteiger partial charge on any atom is -0.356 e. The first-order valence-corrected chi connectivity index (χ1v) is 9.40. The highest BCUT2D eigenvalue weighted by molar-refractivity contribution is 5.94. The summed E-state index contributed by atoms with van der Waals surface area (Å²) >= 11 is 0. The molecule has 1 aliphatic heterocycles. The van der Waals surface area contributed by atoms with Crippen LogP contribution in [0.2, 0.25) is 0 Å². The van der Waals surface area contributed by atoms with Gasteiger partial charge in [0.1, 0.15) is 5.65 Å². The fourth-order valence-electron chi connectivity index (χ4n) is 4.91. The Bertz CT molecular complexity index is 1110. The minimum atomic E-state index is -0.554. The van der Waals surface area contributed by atoms with E-state index < -0.39 is 11.3 Å². The smallest absolute Gasteiger partial charge is 0.274 e. The Morgan fingerprint density at radius 2 is 2.18 bits per heavy atom. The van der Waals surface area contributed by atoms with E-state index in [0.29, 0.717) is 12.1 Å². The maximum absolute atomic E-state index is 13.0. The van der Waals surface area contributed by atoms with Crippen LogP contribution in [0, 0.1) is 5.41 Å². The summed E-state index contributed by atoms with van der Waals surface area (Å²) in [6, 6.07) is 9.44. The van der Waals surface area contributed by atoms with E-state index >= 15 is 0 Å². The van der Waals surface area contributed by atoms with E-state index in [0.717, 1.165) is 41.6 Å². The molecule has 1 saturated heterocycles. The lowest BCUT2D eigenvalue weighted by molar-refractivity contribution is -0.129. The maximum Gasteiger partial charge on any atom is 0.274 e. The van der Waals surface area contributed by atoms with Gasteiger partial charge in [-0.1, -0.05) is 12.1 Å². The van der Waals surface area contributed by atoms with Crippen molar-refractivity contribution in [2.24, 2.45) is 5.41 Å². The Labute approximate surface area is 161 Å². The number of hydrogen-bond acceptors (Lipinski definition) is 4. The molecule has 2 aliphatic rings. The van der Waals surface area contributed by atoms with E-state index in [1.807, 2.05) is 41.1 Å². The number of aryl methyl sites for hydroxylation is 1. The predicted molar refractivity (Wildman–Crippen MR) is 101 cm³/mol. The quantitative estimate of drug-likeness (QED) is 0.471. The summed E-state index contributed by atoms with van der Waals surface area (Å²) in [5, 5.41) is 12.1. The fraction of sp³-hybridized carbons (Fsp3) is 0.286. The van der Waals surface area contributed by atoms with Crippen molar-refractivity contribution in [3.8, 4) is 0 Å². The van der Waals surface area contributed by atoms with Gasteiger partial charge in [0.2, 0.25) is 5.91 Å². The summed E-state index contributed by atoms with van der Waals surface area (Å²) in [7, 11) is 0. The molecule has 3 aromatic rings. The summed E-state index contributed by atoms with van der Waals surface area (Å²) in [4.78, 5) is 29.3. The number of pyridine rings is 1. The Balaban J connectivity index is 1.73. The first-order valence-electron chi connectivity index (χ1n) is 9.40. The monoisotopic (exact) mass is 376 g/mol. The molecule has 5 rings (SSSR count). The largest absolute Gasteiger partial charge is 0.356 e. The van der Waals surface area contributed by atoms with Gasteiger partial charge >= 0.3 is 0 Å². The third-order valence-corrected chi connectivity index (χ3v) is 6.27. The number of carbonyl (C=O) groups is 2. The Morgan fingerprint density at radius 3 is 2.96 bits per heavy atom. The highest BCUT2D eigenvalue weighted by Gasteiger charge is 2.52. The number of carbonyl (C=O) groups excluding carboxylic acids is 2. The minimum absolute atomic E-state index is 0.0749. The highest BCUT2D eigenvalue weighted by atomic mass is 16.5. The summed E-state index contributed by atoms with van der Waals surface area (Å²) < 4.78 is 1.95. The van der Waals surface area contributed by atoms with Crippen LogP contribution in [0.15, 0.2) is 48.9 Å². The van der Waals surface area contributed by atoms with E-state index in [2.05, 4.69) is 10.3 Å². The van der Waals surface area contributed by atoms with Crippen LogP contribution in [-0.2, 0) is 11.2 Å². The third-order valence-electron chi connectivity index (χ3n) is 6.27. The number of nitrogens with one attached hydrogen (secondary N) is 2. The number of nitrogens with zero attached hydrogens (tertiary/aromatic N) is 2. The molecule has 1 aromatic carbocycles. The molecule has 1 unspecified atom stereocenters. The lowest BCUT2D eigenvalue weighted by Crippen LogP contribution is -2.41. The molecule has 7 heteroatoms. The zero-order valence-corrected chi connectivity index (χ0v) is 15.2. The van der Waals surface area contributed by atoms with Gasteiger partial charge in [-0.2, -0.15) is 0 Å². The number of hydroxylamine groups is 1. The van der Waals surface area contributed by atoms with E-state index in [-0.39, 0.29) is 11.8 Å². The second kappa shape index (κ2) is 6.17. The molecule has 28 heavy (non-hydrogen) atoms. The molecular weight excluding hydrogens is 356 g/mol. The third kappa shape index (κ3) is 2.36. The van der Waals surface area contributed by atoms with Crippen LogP contribution >= 0.6 is 0 Å². The number of amides is 2. The molecule has 0 bridgehead atoms. The number of aromatic nitrogens is 2. The number of benzene rings is 1. The fourth-order valence-corrected chi connectivity index (χ4v) is 4.91. The van der Waals surface area contributed by atoms with E-state index in [1.165, 1.54) is 0 Å². The molecule has 1 aliphatic carbocycles. The van der Waals surface area contributed by atoms with E-state index in [1.54, 1.807) is 17.7 Å². The van der Waals surface area contributed by atoms with Gasteiger partial charge in [-0.3, -0.25) is 14.8 Å². The van der Waals surface area contributed by atoms with E-state index in [9.17, 15) is 9.59 Å². The summed E-state index contributed by atoms with van der Waals surface area (Å²) in [6.45, 7) is 0.662. The van der Waals surface area contributed by atoms with Gasteiger partial charge in [0.05, 0.1) is 5.41 Å². The molecule has 2 atom stereocenters. The van der Waals surface area contributed by atoms with Gasteiger partial charge in [0.25, 0.3) is 5.91 Å². The van der Waals surface area contributed by atoms with Crippen molar-refractivity contribution in [1.82, 2.24) is 20.2 Å². The van der Waals surface area contributed by atoms with Crippen molar-refractivity contribution in [2.45, 2.75) is 25.2 Å². The number of hydrogen-bond donors (Lipinski definition) is 3. The van der Waals surface area contributed by atoms with Crippen molar-refractivity contribution in [3.63, 3.8) is 0 Å². The first kappa shape index (κ1) is 16.9. The second-order valence-corrected chi connectivity index (χ2v) is 7.60. The highest BCUT2D eigenvalue weighted by Crippen LogP contribution is 2.53. The Hall–Kier alpha value is -3.19. The molecular formula is C21H20N4O3. The molecule has 0 radical (unpaired) electrons. The van der Waals surface area contributed by atoms with Gasteiger partial charge in [-0.05, 0) is 54.2 Å². The molecule has 1 spiro atoms. The Kier molecular flexibility index (Phi) is 3.73. The van der Waals surface area contributed by atoms with Gasteiger partial charge in [-0.15, -0.1) is 0 Å². The van der Waals surface area contributed by atoms with Gasteiger partial charge in [0.15, 0.2) is 0 Å². The maximum atomic E-state index is 13.0. The lowest BCUT2D eigenvalue weighted by atomic mass is 9.61. The zero-order valence-electron chi connectivity index (χ0n) is 15.2. The van der Waals surface area contributed by atoms with Crippen molar-refractivity contribution < 1.29 is 14.8 Å². The van der Waals surface area contributed by atoms with Gasteiger partial charge < -0.3 is 9.72 Å². The molecule has 0 saturated carbocycles. The van der Waals surface area contributed by atoms with Crippen LogP contribution < -0.4 is 10.8 Å². The molecule has 1 fully saturated rings. The molecule has 7 nitrogen and oxygen atoms in total. The second-order valence-electron chi connectivity index (χ2n) is 7.60. The molecule has 2 aromatic heterocycles. The van der Waals surface area contributed by atoms with Crippen LogP contribution in [0.4, 0.5) is 0 Å². The average molecular weight is 376 g/mol. The number of rotatable bonds is 2. The predicted octanol–water partition coefficient (Wildman–Crippen LogP) is 2.04. The van der Waals surface area contributed by atoms with Crippen LogP contribution in [0.5, 0.6) is 0 Å². The lowest BCUT2D eigenvalue weighted by Gasteiger charge is -2.41. The molecule has 2 amide bonds. The normalized spacial score (nSPS) is 23.6. The van der Waals surface area contributed by atoms with E-state index in [4.69, 9.17) is 5.21 Å². The van der Waals surface area contributed by atoms with Crippen LogP contribution in [0.3, 0.4) is 0 Å². The summed E-state index contributed by atoms with van der Waals surface area (Å²) in [6.07, 6.45) is 7.97. The van der Waals surface area contributed by atoms with Crippen molar-refractivity contribution in [1.29, 1.82) is 0 Å². The molecule has 3 heterocycles. The van der Waals surface area contributed by atoms with Crippen LogP contribution in [0.1, 0.15) is 45.8 Å². The van der Waals surface area contributed by atoms with Crippen molar-refractivity contribution in [2.75, 3.05) is 6.54 Å².